The maximum Gasteiger partial charge on any atom is 0.214 e. The van der Waals surface area contributed by atoms with Gasteiger partial charge in [0.1, 0.15) is 5.52 Å². The zero-order chi connectivity index (χ0) is 8.55. The predicted octanol–water partition coefficient (Wildman–Crippen LogP) is 2.53. The second kappa shape index (κ2) is 2.79. The fourth-order valence-electron chi connectivity index (χ4n) is 0.991. The fraction of sp³-hybridized carbons (Fsp3) is 0. The Labute approximate surface area is 76.6 Å². The van der Waals surface area contributed by atoms with E-state index in [4.69, 9.17) is 0 Å². The van der Waals surface area contributed by atoms with Gasteiger partial charge in [0.05, 0.1) is 5.52 Å². The Balaban J connectivity index is 2.89. The Morgan fingerprint density at radius 3 is 3.08 bits per heavy atom. The molecular formula is C8H4BrFN2. The van der Waals surface area contributed by atoms with Gasteiger partial charge in [0.15, 0.2) is 0 Å². The second-order valence-corrected chi connectivity index (χ2v) is 3.15. The zero-order valence-corrected chi connectivity index (χ0v) is 7.55. The van der Waals surface area contributed by atoms with E-state index in [0.717, 1.165) is 0 Å². The summed E-state index contributed by atoms with van der Waals surface area (Å²) in [5, 5.41) is 0. The molecule has 0 amide bonds. The van der Waals surface area contributed by atoms with E-state index in [1.807, 2.05) is 0 Å². The summed E-state index contributed by atoms with van der Waals surface area (Å²) < 4.78 is 13.4. The molecule has 0 radical (unpaired) electrons. The number of hydrogen-bond donors (Lipinski definition) is 0. The molecule has 0 saturated carbocycles. The van der Waals surface area contributed by atoms with E-state index in [-0.39, 0.29) is 0 Å². The third-order valence-corrected chi connectivity index (χ3v) is 2.09. The summed E-state index contributed by atoms with van der Waals surface area (Å²) in [4.78, 5) is 7.72. The molecule has 0 aliphatic carbocycles. The summed E-state index contributed by atoms with van der Waals surface area (Å²) in [5.41, 5.74) is 1.24. The summed E-state index contributed by atoms with van der Waals surface area (Å²) >= 11 is 3.21. The molecule has 12 heavy (non-hydrogen) atoms. The molecular weight excluding hydrogens is 223 g/mol. The highest BCUT2D eigenvalue weighted by atomic mass is 79.9. The van der Waals surface area contributed by atoms with Gasteiger partial charge in [-0.25, -0.2) is 4.98 Å². The van der Waals surface area contributed by atoms with Crippen LogP contribution in [-0.4, -0.2) is 9.97 Å². The van der Waals surface area contributed by atoms with Gasteiger partial charge >= 0.3 is 0 Å². The van der Waals surface area contributed by atoms with Crippen LogP contribution < -0.4 is 0 Å². The van der Waals surface area contributed by atoms with Crippen molar-refractivity contribution in [2.75, 3.05) is 0 Å². The number of nitrogens with zero attached hydrogens (tertiary/aromatic N) is 2. The molecule has 2 nitrogen and oxygen atoms in total. The highest BCUT2D eigenvalue weighted by Gasteiger charge is 2.02. The van der Waals surface area contributed by atoms with Crippen molar-refractivity contribution in [1.29, 1.82) is 0 Å². The van der Waals surface area contributed by atoms with E-state index in [2.05, 4.69) is 25.9 Å². The highest BCUT2D eigenvalue weighted by Crippen LogP contribution is 2.20. The summed E-state index contributed by atoms with van der Waals surface area (Å²) in [7, 11) is 0. The number of hydrogen-bond acceptors (Lipinski definition) is 2. The lowest BCUT2D eigenvalue weighted by molar-refractivity contribution is 0.588. The molecule has 0 spiro atoms. The number of aromatic nitrogens is 2. The maximum absolute atomic E-state index is 12.7. The molecule has 2 rings (SSSR count). The van der Waals surface area contributed by atoms with E-state index < -0.39 is 5.95 Å². The highest BCUT2D eigenvalue weighted by molar-refractivity contribution is 9.10. The van der Waals surface area contributed by atoms with E-state index >= 15 is 0 Å². The SMILES string of the molecule is Fc1cc(Br)c2ncccc2n1. The van der Waals surface area contributed by atoms with Gasteiger partial charge in [-0.15, -0.1) is 0 Å². The average Bonchev–Trinajstić information content (AvgIpc) is 2.04. The molecule has 0 aliphatic rings. The van der Waals surface area contributed by atoms with Gasteiger partial charge in [0.25, 0.3) is 0 Å². The molecule has 2 aromatic rings. The van der Waals surface area contributed by atoms with Crippen molar-refractivity contribution in [2.45, 2.75) is 0 Å². The van der Waals surface area contributed by atoms with Crippen LogP contribution in [0.2, 0.25) is 0 Å². The summed E-state index contributed by atoms with van der Waals surface area (Å²) in [6.45, 7) is 0. The van der Waals surface area contributed by atoms with Gasteiger partial charge in [-0.2, -0.15) is 4.39 Å². The van der Waals surface area contributed by atoms with E-state index in [0.29, 0.717) is 15.5 Å². The monoisotopic (exact) mass is 226 g/mol. The molecule has 0 aliphatic heterocycles. The van der Waals surface area contributed by atoms with Gasteiger partial charge in [0.2, 0.25) is 5.95 Å². The minimum Gasteiger partial charge on any atom is -0.253 e. The molecule has 2 aromatic heterocycles. The van der Waals surface area contributed by atoms with Crippen LogP contribution in [0.15, 0.2) is 28.9 Å². The standard InChI is InChI=1S/C8H4BrFN2/c9-5-4-7(10)12-6-2-1-3-11-8(5)6/h1-4H. The van der Waals surface area contributed by atoms with Crippen LogP contribution in [0.4, 0.5) is 4.39 Å². The van der Waals surface area contributed by atoms with E-state index in [1.165, 1.54) is 6.07 Å². The lowest BCUT2D eigenvalue weighted by Crippen LogP contribution is -1.87. The third kappa shape index (κ3) is 1.18. The van der Waals surface area contributed by atoms with Crippen molar-refractivity contribution in [1.82, 2.24) is 9.97 Å². The lowest BCUT2D eigenvalue weighted by atomic mass is 10.3. The van der Waals surface area contributed by atoms with Crippen molar-refractivity contribution in [3.8, 4) is 0 Å². The number of pyridine rings is 2. The first kappa shape index (κ1) is 7.61. The first-order valence-corrected chi connectivity index (χ1v) is 4.13. The molecule has 0 fully saturated rings. The van der Waals surface area contributed by atoms with Crippen LogP contribution in [0.1, 0.15) is 0 Å². The van der Waals surface area contributed by atoms with Crippen molar-refractivity contribution in [2.24, 2.45) is 0 Å². The third-order valence-electron chi connectivity index (χ3n) is 1.49. The summed E-state index contributed by atoms with van der Waals surface area (Å²) in [6, 6.07) is 4.74. The molecule has 0 saturated heterocycles. The van der Waals surface area contributed by atoms with Gasteiger partial charge in [-0.05, 0) is 28.1 Å². The van der Waals surface area contributed by atoms with Crippen LogP contribution in [-0.2, 0) is 0 Å². The average molecular weight is 227 g/mol. The Kier molecular flexibility index (Phi) is 1.77. The van der Waals surface area contributed by atoms with Crippen molar-refractivity contribution >= 4 is 27.0 Å². The molecule has 2 heterocycles. The molecule has 0 N–H and O–H groups in total. The maximum atomic E-state index is 12.7. The largest absolute Gasteiger partial charge is 0.253 e. The van der Waals surface area contributed by atoms with E-state index in [1.54, 1.807) is 18.3 Å². The predicted molar refractivity (Wildman–Crippen MR) is 47.2 cm³/mol. The molecule has 60 valence electrons. The van der Waals surface area contributed by atoms with Crippen LogP contribution in [0.25, 0.3) is 11.0 Å². The molecule has 4 heteroatoms. The Morgan fingerprint density at radius 1 is 1.42 bits per heavy atom. The molecule has 0 atom stereocenters. The summed E-state index contributed by atoms with van der Waals surface area (Å²) in [5.74, 6) is -0.498. The van der Waals surface area contributed by atoms with Crippen LogP contribution in [0, 0.1) is 5.95 Å². The Hall–Kier alpha value is -1.03. The normalized spacial score (nSPS) is 10.5. The van der Waals surface area contributed by atoms with Crippen LogP contribution in [0.5, 0.6) is 0 Å². The first-order chi connectivity index (χ1) is 5.77. The minimum atomic E-state index is -0.498. The molecule has 0 aromatic carbocycles. The Morgan fingerprint density at radius 2 is 2.25 bits per heavy atom. The van der Waals surface area contributed by atoms with Gasteiger partial charge in [-0.1, -0.05) is 0 Å². The molecule has 0 unspecified atom stereocenters. The second-order valence-electron chi connectivity index (χ2n) is 2.30. The quantitative estimate of drug-likeness (QED) is 0.646. The molecule has 0 bridgehead atoms. The van der Waals surface area contributed by atoms with Crippen LogP contribution >= 0.6 is 15.9 Å². The minimum absolute atomic E-state index is 0.498. The van der Waals surface area contributed by atoms with Gasteiger partial charge in [-0.3, -0.25) is 4.98 Å². The van der Waals surface area contributed by atoms with Gasteiger partial charge in [0, 0.05) is 16.7 Å². The number of halogens is 2. The van der Waals surface area contributed by atoms with Gasteiger partial charge < -0.3 is 0 Å². The fourth-order valence-corrected chi connectivity index (χ4v) is 1.49. The van der Waals surface area contributed by atoms with Crippen molar-refractivity contribution < 1.29 is 4.39 Å². The number of rotatable bonds is 0. The smallest absolute Gasteiger partial charge is 0.214 e. The lowest BCUT2D eigenvalue weighted by Gasteiger charge is -1.97. The van der Waals surface area contributed by atoms with Crippen molar-refractivity contribution in [3.05, 3.63) is 34.8 Å². The summed E-state index contributed by atoms with van der Waals surface area (Å²) in [6.07, 6.45) is 1.65. The van der Waals surface area contributed by atoms with E-state index in [9.17, 15) is 4.39 Å². The number of fused-ring (bicyclic) bond motifs is 1. The zero-order valence-electron chi connectivity index (χ0n) is 5.96. The Bertz CT molecular complexity index is 430. The topological polar surface area (TPSA) is 25.8 Å². The van der Waals surface area contributed by atoms with Crippen molar-refractivity contribution in [3.63, 3.8) is 0 Å². The van der Waals surface area contributed by atoms with Crippen LogP contribution in [0.3, 0.4) is 0 Å². The first-order valence-electron chi connectivity index (χ1n) is 3.34.